The van der Waals surface area contributed by atoms with Gasteiger partial charge in [0, 0.05) is 30.2 Å². The Balaban J connectivity index is 1.45. The molecule has 0 atom stereocenters. The smallest absolute Gasteiger partial charge is 0.293 e. The van der Waals surface area contributed by atoms with Crippen molar-refractivity contribution >= 4 is 69.0 Å². The van der Waals surface area contributed by atoms with Gasteiger partial charge in [0.05, 0.1) is 27.0 Å². The molecular weight excluding hydrogens is 529 g/mol. The highest BCUT2D eigenvalue weighted by Gasteiger charge is 2.35. The number of piperidine rings is 1. The van der Waals surface area contributed by atoms with Crippen molar-refractivity contribution in [1.82, 2.24) is 14.4 Å². The number of carbonyl (C=O) groups is 3. The second-order valence-corrected chi connectivity index (χ2v) is 11.1. The van der Waals surface area contributed by atoms with Crippen molar-refractivity contribution < 1.29 is 14.4 Å². The van der Waals surface area contributed by atoms with Crippen molar-refractivity contribution in [3.63, 3.8) is 0 Å². The van der Waals surface area contributed by atoms with Crippen LogP contribution in [0.3, 0.4) is 0 Å². The monoisotopic (exact) mass is 555 g/mol. The summed E-state index contributed by atoms with van der Waals surface area (Å²) >= 11 is 13.0. The highest BCUT2D eigenvalue weighted by molar-refractivity contribution is 8.18. The van der Waals surface area contributed by atoms with E-state index in [4.69, 9.17) is 23.2 Å². The number of hydrogen-bond donors (Lipinski definition) is 0. The van der Waals surface area contributed by atoms with Crippen LogP contribution in [0.4, 0.5) is 4.79 Å². The van der Waals surface area contributed by atoms with Gasteiger partial charge in [-0.15, -0.1) is 0 Å². The lowest BCUT2D eigenvalue weighted by Gasteiger charge is -2.27. The molecule has 3 amide bonds. The topological polar surface area (TPSA) is 62.6 Å². The first kappa shape index (κ1) is 25.9. The number of nitrogens with zero attached hydrogens (tertiary/aromatic N) is 3. The van der Waals surface area contributed by atoms with Crippen molar-refractivity contribution in [2.24, 2.45) is 0 Å². The van der Waals surface area contributed by atoms with Crippen LogP contribution in [0.1, 0.15) is 42.9 Å². The normalized spacial score (nSPS) is 17.4. The molecule has 5 rings (SSSR count). The van der Waals surface area contributed by atoms with E-state index < -0.39 is 0 Å². The average Bonchev–Trinajstić information content (AvgIpc) is 3.38. The molecule has 0 bridgehead atoms. The minimum atomic E-state index is -0.349. The van der Waals surface area contributed by atoms with Crippen LogP contribution in [-0.4, -0.2) is 44.5 Å². The predicted molar refractivity (Wildman–Crippen MR) is 150 cm³/mol. The van der Waals surface area contributed by atoms with Crippen LogP contribution in [0.5, 0.6) is 0 Å². The molecule has 0 aliphatic carbocycles. The van der Waals surface area contributed by atoms with E-state index in [2.05, 4.69) is 13.0 Å². The van der Waals surface area contributed by atoms with E-state index in [1.165, 1.54) is 11.3 Å². The Morgan fingerprint density at radius 3 is 2.57 bits per heavy atom. The van der Waals surface area contributed by atoms with Gasteiger partial charge in [-0.05, 0) is 66.8 Å². The van der Waals surface area contributed by atoms with Crippen LogP contribution in [-0.2, 0) is 29.1 Å². The summed E-state index contributed by atoms with van der Waals surface area (Å²) in [6.07, 6.45) is 7.77. The number of hydrogen-bond acceptors (Lipinski definition) is 4. The number of likely N-dealkylation sites (tertiary alicyclic amines) is 1. The molecule has 37 heavy (non-hydrogen) atoms. The van der Waals surface area contributed by atoms with Gasteiger partial charge < -0.3 is 9.47 Å². The first-order chi connectivity index (χ1) is 17.9. The number of rotatable bonds is 6. The Kier molecular flexibility index (Phi) is 7.65. The average molecular weight is 557 g/mol. The zero-order valence-corrected chi connectivity index (χ0v) is 22.8. The first-order valence-corrected chi connectivity index (χ1v) is 14.0. The van der Waals surface area contributed by atoms with Crippen LogP contribution in [0.15, 0.2) is 47.5 Å². The van der Waals surface area contributed by atoms with Gasteiger partial charge >= 0.3 is 0 Å². The van der Waals surface area contributed by atoms with Crippen molar-refractivity contribution in [1.29, 1.82) is 0 Å². The lowest BCUT2D eigenvalue weighted by atomic mass is 10.1. The zero-order chi connectivity index (χ0) is 26.1. The van der Waals surface area contributed by atoms with Crippen LogP contribution in [0.2, 0.25) is 10.0 Å². The second kappa shape index (κ2) is 10.9. The fourth-order valence-electron chi connectivity index (χ4n) is 4.98. The van der Waals surface area contributed by atoms with E-state index in [9.17, 15) is 14.4 Å². The molecule has 2 saturated heterocycles. The number of aryl methyl sites for hydroxylation is 1. The molecule has 3 heterocycles. The highest BCUT2D eigenvalue weighted by atomic mass is 35.5. The zero-order valence-electron chi connectivity index (χ0n) is 20.5. The maximum absolute atomic E-state index is 13.2. The molecule has 0 N–H and O–H groups in total. The number of amides is 3. The molecular formula is C28H27Cl2N3O3S. The molecule has 192 valence electrons. The summed E-state index contributed by atoms with van der Waals surface area (Å²) in [7, 11) is 0. The molecule has 0 radical (unpaired) electrons. The van der Waals surface area contributed by atoms with Crippen LogP contribution < -0.4 is 0 Å². The SMILES string of the molecule is CCc1cccc2c(/C=C3\SC(=O)N(Cc4ccc(Cl)c(Cl)c4)C3=O)cn(CC(=O)N3CCCCC3)c12. The minimum absolute atomic E-state index is 0.107. The van der Waals surface area contributed by atoms with E-state index in [1.807, 2.05) is 27.8 Å². The number of carbonyl (C=O) groups excluding carboxylic acids is 3. The van der Waals surface area contributed by atoms with Crippen molar-refractivity contribution in [3.8, 4) is 0 Å². The molecule has 2 aliphatic rings. The summed E-state index contributed by atoms with van der Waals surface area (Å²) in [5.74, 6) is -0.242. The summed E-state index contributed by atoms with van der Waals surface area (Å²) in [5, 5.41) is 1.42. The number of halogens is 2. The third-order valence-electron chi connectivity index (χ3n) is 6.89. The van der Waals surface area contributed by atoms with E-state index in [1.54, 1.807) is 24.3 Å². The fraction of sp³-hybridized carbons (Fsp3) is 0.321. The standard InChI is InChI=1S/C28H27Cl2N3O3S/c1-2-19-7-6-8-21-20(16-32(26(19)21)17-25(34)31-11-4-3-5-12-31)14-24-27(35)33(28(36)37-24)15-18-9-10-22(29)23(30)13-18/h6-10,13-14,16H,2-5,11-12,15,17H2,1H3/b24-14-. The summed E-state index contributed by atoms with van der Waals surface area (Å²) in [6, 6.07) is 11.1. The Bertz CT molecular complexity index is 1430. The lowest BCUT2D eigenvalue weighted by molar-refractivity contribution is -0.132. The molecule has 0 spiro atoms. The summed E-state index contributed by atoms with van der Waals surface area (Å²) in [4.78, 5) is 42.6. The van der Waals surface area contributed by atoms with Crippen LogP contribution in [0.25, 0.3) is 17.0 Å². The lowest BCUT2D eigenvalue weighted by Crippen LogP contribution is -2.37. The Morgan fingerprint density at radius 1 is 1.05 bits per heavy atom. The van der Waals surface area contributed by atoms with Gasteiger partial charge in [0.1, 0.15) is 6.54 Å². The molecule has 2 fully saturated rings. The van der Waals surface area contributed by atoms with Gasteiger partial charge in [-0.3, -0.25) is 19.3 Å². The first-order valence-electron chi connectivity index (χ1n) is 12.4. The van der Waals surface area contributed by atoms with E-state index in [-0.39, 0.29) is 30.1 Å². The Hall–Kier alpha value is -2.74. The molecule has 2 aromatic carbocycles. The molecule has 3 aromatic rings. The maximum Gasteiger partial charge on any atom is 0.293 e. The number of imide groups is 1. The van der Waals surface area contributed by atoms with Crippen LogP contribution in [0, 0.1) is 0 Å². The van der Waals surface area contributed by atoms with Crippen LogP contribution >= 0.6 is 35.0 Å². The van der Waals surface area contributed by atoms with Gasteiger partial charge in [-0.25, -0.2) is 0 Å². The van der Waals surface area contributed by atoms with E-state index in [0.717, 1.165) is 71.7 Å². The second-order valence-electron chi connectivity index (χ2n) is 9.34. The maximum atomic E-state index is 13.2. The Morgan fingerprint density at radius 2 is 1.84 bits per heavy atom. The van der Waals surface area contributed by atoms with Crippen molar-refractivity contribution in [3.05, 3.63) is 74.2 Å². The largest absolute Gasteiger partial charge is 0.341 e. The molecule has 1 aromatic heterocycles. The van der Waals surface area contributed by atoms with Gasteiger partial charge in [0.25, 0.3) is 11.1 Å². The minimum Gasteiger partial charge on any atom is -0.341 e. The summed E-state index contributed by atoms with van der Waals surface area (Å²) in [6.45, 7) is 4.06. The molecule has 2 aliphatic heterocycles. The van der Waals surface area contributed by atoms with E-state index >= 15 is 0 Å². The molecule has 0 unspecified atom stereocenters. The quantitative estimate of drug-likeness (QED) is 0.315. The number of benzene rings is 2. The van der Waals surface area contributed by atoms with Gasteiger partial charge in [-0.2, -0.15) is 0 Å². The summed E-state index contributed by atoms with van der Waals surface area (Å²) in [5.41, 5.74) is 3.67. The fourth-order valence-corrected chi connectivity index (χ4v) is 6.13. The van der Waals surface area contributed by atoms with Crippen molar-refractivity contribution in [2.45, 2.75) is 45.7 Å². The van der Waals surface area contributed by atoms with Gasteiger partial charge in [-0.1, -0.05) is 54.4 Å². The third-order valence-corrected chi connectivity index (χ3v) is 8.54. The summed E-state index contributed by atoms with van der Waals surface area (Å²) < 4.78 is 2.00. The number of para-hydroxylation sites is 1. The number of aromatic nitrogens is 1. The van der Waals surface area contributed by atoms with Gasteiger partial charge in [0.15, 0.2) is 0 Å². The number of fused-ring (bicyclic) bond motifs is 1. The Labute approximate surface area is 230 Å². The van der Waals surface area contributed by atoms with E-state index in [0.29, 0.717) is 15.0 Å². The predicted octanol–water partition coefficient (Wildman–Crippen LogP) is 6.76. The highest BCUT2D eigenvalue weighted by Crippen LogP contribution is 2.36. The van der Waals surface area contributed by atoms with Crippen molar-refractivity contribution in [2.75, 3.05) is 13.1 Å². The van der Waals surface area contributed by atoms with Gasteiger partial charge in [0.2, 0.25) is 5.91 Å². The molecule has 9 heteroatoms. The molecule has 6 nitrogen and oxygen atoms in total. The molecule has 0 saturated carbocycles. The third kappa shape index (κ3) is 5.31. The number of thioether (sulfide) groups is 1.